The summed E-state index contributed by atoms with van der Waals surface area (Å²) in [6, 6.07) is 1.80. The third-order valence-corrected chi connectivity index (χ3v) is 2.91. The highest BCUT2D eigenvalue weighted by atomic mass is 35.5. The maximum atomic E-state index is 5.82. The van der Waals surface area contributed by atoms with E-state index in [1.165, 1.54) is 12.7 Å². The SMILES string of the molecule is CN(C[C@@H]1CCNC1)c1cc(Cl)ncn1. The van der Waals surface area contributed by atoms with Gasteiger partial charge in [-0.25, -0.2) is 9.97 Å². The average Bonchev–Trinajstić information content (AvgIpc) is 2.70. The normalized spacial score (nSPS) is 20.5. The van der Waals surface area contributed by atoms with E-state index in [0.717, 1.165) is 25.5 Å². The maximum Gasteiger partial charge on any atom is 0.134 e. The van der Waals surface area contributed by atoms with E-state index >= 15 is 0 Å². The van der Waals surface area contributed by atoms with Gasteiger partial charge in [0.05, 0.1) is 0 Å². The second-order valence-electron chi connectivity index (χ2n) is 3.94. The van der Waals surface area contributed by atoms with Gasteiger partial charge in [0.1, 0.15) is 17.3 Å². The molecule has 0 aliphatic carbocycles. The highest BCUT2D eigenvalue weighted by Gasteiger charge is 2.17. The molecule has 1 fully saturated rings. The Balaban J connectivity index is 1.97. The Morgan fingerprint density at radius 1 is 1.60 bits per heavy atom. The minimum absolute atomic E-state index is 0.497. The molecule has 0 spiro atoms. The third-order valence-electron chi connectivity index (χ3n) is 2.70. The Kier molecular flexibility index (Phi) is 3.38. The first kappa shape index (κ1) is 10.6. The minimum Gasteiger partial charge on any atom is -0.359 e. The molecule has 1 aliphatic rings. The fourth-order valence-corrected chi connectivity index (χ4v) is 2.03. The second kappa shape index (κ2) is 4.77. The molecule has 0 saturated carbocycles. The number of rotatable bonds is 3. The van der Waals surface area contributed by atoms with Crippen molar-refractivity contribution in [3.63, 3.8) is 0 Å². The molecule has 0 radical (unpaired) electrons. The smallest absolute Gasteiger partial charge is 0.134 e. The van der Waals surface area contributed by atoms with Crippen LogP contribution in [-0.2, 0) is 0 Å². The van der Waals surface area contributed by atoms with Gasteiger partial charge in [0.2, 0.25) is 0 Å². The molecule has 0 unspecified atom stereocenters. The molecule has 0 bridgehead atoms. The quantitative estimate of drug-likeness (QED) is 0.786. The Bertz CT molecular complexity index is 325. The van der Waals surface area contributed by atoms with Gasteiger partial charge in [0.25, 0.3) is 0 Å². The molecule has 4 nitrogen and oxygen atoms in total. The number of aromatic nitrogens is 2. The fourth-order valence-electron chi connectivity index (χ4n) is 1.88. The van der Waals surface area contributed by atoms with Crippen LogP contribution in [0.1, 0.15) is 6.42 Å². The lowest BCUT2D eigenvalue weighted by Gasteiger charge is -2.21. The molecule has 1 N–H and O–H groups in total. The van der Waals surface area contributed by atoms with E-state index in [2.05, 4.69) is 20.2 Å². The molecule has 5 heteroatoms. The molecule has 1 aliphatic heterocycles. The average molecular weight is 227 g/mol. The lowest BCUT2D eigenvalue weighted by molar-refractivity contribution is 0.575. The zero-order chi connectivity index (χ0) is 10.7. The first-order valence-electron chi connectivity index (χ1n) is 5.15. The number of anilines is 1. The molecule has 1 aromatic heterocycles. The number of nitrogens with zero attached hydrogens (tertiary/aromatic N) is 3. The summed E-state index contributed by atoms with van der Waals surface area (Å²) >= 11 is 5.82. The molecule has 15 heavy (non-hydrogen) atoms. The van der Waals surface area contributed by atoms with Crippen LogP contribution in [0.3, 0.4) is 0 Å². The van der Waals surface area contributed by atoms with E-state index in [4.69, 9.17) is 11.6 Å². The van der Waals surface area contributed by atoms with Crippen molar-refractivity contribution in [2.45, 2.75) is 6.42 Å². The lowest BCUT2D eigenvalue weighted by Crippen LogP contribution is -2.27. The van der Waals surface area contributed by atoms with Gasteiger partial charge in [-0.1, -0.05) is 11.6 Å². The van der Waals surface area contributed by atoms with Crippen LogP contribution in [0.15, 0.2) is 12.4 Å². The Morgan fingerprint density at radius 2 is 2.47 bits per heavy atom. The maximum absolute atomic E-state index is 5.82. The number of nitrogens with one attached hydrogen (secondary N) is 1. The summed E-state index contributed by atoms with van der Waals surface area (Å²) in [5.74, 6) is 1.60. The predicted octanol–water partition coefficient (Wildman–Crippen LogP) is 1.18. The molecule has 0 aromatic carbocycles. The molecule has 1 atom stereocenters. The second-order valence-corrected chi connectivity index (χ2v) is 4.33. The molecule has 2 heterocycles. The van der Waals surface area contributed by atoms with Crippen LogP contribution >= 0.6 is 11.6 Å². The molecule has 2 rings (SSSR count). The van der Waals surface area contributed by atoms with E-state index in [9.17, 15) is 0 Å². The molecule has 1 aromatic rings. The predicted molar refractivity (Wildman–Crippen MR) is 61.3 cm³/mol. The molecule has 1 saturated heterocycles. The van der Waals surface area contributed by atoms with Crippen LogP contribution < -0.4 is 10.2 Å². The summed E-state index contributed by atoms with van der Waals surface area (Å²) in [7, 11) is 2.04. The van der Waals surface area contributed by atoms with Crippen LogP contribution in [0.5, 0.6) is 0 Å². The standard InChI is InChI=1S/C10H15ClN4/c1-15(6-8-2-3-12-5-8)10-4-9(11)13-7-14-10/h4,7-8,12H,2-3,5-6H2,1H3/t8-/m1/s1. The van der Waals surface area contributed by atoms with Crippen LogP contribution in [0.4, 0.5) is 5.82 Å². The first-order valence-corrected chi connectivity index (χ1v) is 5.53. The summed E-state index contributed by atoms with van der Waals surface area (Å²) in [4.78, 5) is 10.2. The Hall–Kier alpha value is -0.870. The summed E-state index contributed by atoms with van der Waals surface area (Å²) in [6.45, 7) is 3.24. The van der Waals surface area contributed by atoms with E-state index in [-0.39, 0.29) is 0 Å². The van der Waals surface area contributed by atoms with Crippen molar-refractivity contribution < 1.29 is 0 Å². The number of hydrogen-bond acceptors (Lipinski definition) is 4. The lowest BCUT2D eigenvalue weighted by atomic mass is 10.1. The molecule has 0 amide bonds. The summed E-state index contributed by atoms with van der Waals surface area (Å²) in [5.41, 5.74) is 0. The monoisotopic (exact) mass is 226 g/mol. The van der Waals surface area contributed by atoms with Crippen molar-refractivity contribution in [1.29, 1.82) is 0 Å². The van der Waals surface area contributed by atoms with Gasteiger partial charge in [0, 0.05) is 19.7 Å². The van der Waals surface area contributed by atoms with Crippen molar-refractivity contribution in [2.24, 2.45) is 5.92 Å². The zero-order valence-electron chi connectivity index (χ0n) is 8.78. The molecular weight excluding hydrogens is 212 g/mol. The van der Waals surface area contributed by atoms with E-state index in [1.807, 2.05) is 7.05 Å². The van der Waals surface area contributed by atoms with Gasteiger partial charge >= 0.3 is 0 Å². The summed E-state index contributed by atoms with van der Waals surface area (Å²) in [6.07, 6.45) is 2.74. The molecule has 82 valence electrons. The summed E-state index contributed by atoms with van der Waals surface area (Å²) in [5, 5.41) is 3.85. The van der Waals surface area contributed by atoms with Gasteiger partial charge in [0.15, 0.2) is 0 Å². The third kappa shape index (κ3) is 2.79. The van der Waals surface area contributed by atoms with Gasteiger partial charge in [-0.15, -0.1) is 0 Å². The van der Waals surface area contributed by atoms with Gasteiger partial charge < -0.3 is 10.2 Å². The first-order chi connectivity index (χ1) is 7.25. The zero-order valence-corrected chi connectivity index (χ0v) is 9.54. The van der Waals surface area contributed by atoms with Crippen molar-refractivity contribution in [3.8, 4) is 0 Å². The van der Waals surface area contributed by atoms with E-state index < -0.39 is 0 Å². The highest BCUT2D eigenvalue weighted by Crippen LogP contribution is 2.16. The highest BCUT2D eigenvalue weighted by molar-refractivity contribution is 6.29. The van der Waals surface area contributed by atoms with Gasteiger partial charge in [-0.3, -0.25) is 0 Å². The minimum atomic E-state index is 0.497. The Morgan fingerprint density at radius 3 is 3.13 bits per heavy atom. The van der Waals surface area contributed by atoms with Crippen molar-refractivity contribution in [3.05, 3.63) is 17.5 Å². The Labute approximate surface area is 94.7 Å². The summed E-state index contributed by atoms with van der Waals surface area (Å²) < 4.78 is 0. The van der Waals surface area contributed by atoms with Crippen molar-refractivity contribution in [1.82, 2.24) is 15.3 Å². The van der Waals surface area contributed by atoms with Crippen LogP contribution in [0.25, 0.3) is 0 Å². The topological polar surface area (TPSA) is 41.0 Å². The molecular formula is C10H15ClN4. The fraction of sp³-hybridized carbons (Fsp3) is 0.600. The van der Waals surface area contributed by atoms with Crippen LogP contribution in [0.2, 0.25) is 5.15 Å². The number of halogens is 1. The largest absolute Gasteiger partial charge is 0.359 e. The van der Waals surface area contributed by atoms with Gasteiger partial charge in [-0.2, -0.15) is 0 Å². The van der Waals surface area contributed by atoms with Crippen LogP contribution in [-0.4, -0.2) is 36.6 Å². The van der Waals surface area contributed by atoms with Crippen molar-refractivity contribution >= 4 is 17.4 Å². The van der Waals surface area contributed by atoms with E-state index in [0.29, 0.717) is 11.1 Å². The van der Waals surface area contributed by atoms with E-state index in [1.54, 1.807) is 6.07 Å². The van der Waals surface area contributed by atoms with Gasteiger partial charge in [-0.05, 0) is 25.4 Å². The number of hydrogen-bond donors (Lipinski definition) is 1. The van der Waals surface area contributed by atoms with Crippen molar-refractivity contribution in [2.75, 3.05) is 31.6 Å². The van der Waals surface area contributed by atoms with Crippen LogP contribution in [0, 0.1) is 5.92 Å².